The Balaban J connectivity index is 1.21. The Bertz CT molecular complexity index is 2180. The van der Waals surface area contributed by atoms with Gasteiger partial charge in [0.05, 0.1) is 12.1 Å². The fourth-order valence-electron chi connectivity index (χ4n) is 7.38. The van der Waals surface area contributed by atoms with Crippen molar-refractivity contribution in [2.45, 2.75) is 96.2 Å². The molecule has 13 heteroatoms. The number of rotatable bonds is 11. The van der Waals surface area contributed by atoms with Crippen LogP contribution in [-0.4, -0.2) is 74.2 Å². The fourth-order valence-corrected chi connectivity index (χ4v) is 8.90. The van der Waals surface area contributed by atoms with Gasteiger partial charge in [-0.3, -0.25) is 4.79 Å². The molecule has 12 nitrogen and oxygen atoms in total. The molecule has 2 atom stereocenters. The van der Waals surface area contributed by atoms with E-state index in [9.17, 15) is 13.2 Å². The van der Waals surface area contributed by atoms with E-state index in [0.29, 0.717) is 18.9 Å². The van der Waals surface area contributed by atoms with E-state index in [1.54, 1.807) is 30.7 Å². The summed E-state index contributed by atoms with van der Waals surface area (Å²) in [7, 11) is -3.90. The molecule has 2 aromatic carbocycles. The van der Waals surface area contributed by atoms with Crippen molar-refractivity contribution in [2.75, 3.05) is 24.5 Å². The van der Waals surface area contributed by atoms with Crippen molar-refractivity contribution in [3.63, 3.8) is 0 Å². The molecule has 0 unspecified atom stereocenters. The largest absolute Gasteiger partial charge is 0.472 e. The van der Waals surface area contributed by atoms with Gasteiger partial charge in [0, 0.05) is 63.5 Å². The van der Waals surface area contributed by atoms with Crippen molar-refractivity contribution in [3.8, 4) is 5.88 Å². The molecule has 272 valence electrons. The first-order valence-electron chi connectivity index (χ1n) is 18.3. The zero-order chi connectivity index (χ0) is 36.4. The minimum atomic E-state index is -3.90. The summed E-state index contributed by atoms with van der Waals surface area (Å²) in [5.74, 6) is 0.598. The number of carbonyl (C=O) groups is 1. The van der Waals surface area contributed by atoms with Crippen LogP contribution < -0.4 is 9.64 Å². The number of anilines is 1. The van der Waals surface area contributed by atoms with Gasteiger partial charge in [-0.05, 0) is 98.0 Å². The van der Waals surface area contributed by atoms with Gasteiger partial charge in [0.25, 0.3) is 0 Å². The summed E-state index contributed by atoms with van der Waals surface area (Å²) in [5.41, 5.74) is 7.22. The molecule has 5 heterocycles. The van der Waals surface area contributed by atoms with E-state index in [0.717, 1.165) is 70.3 Å². The normalized spacial score (nSPS) is 18.1. The average Bonchev–Trinajstić information content (AvgIpc) is 3.55. The maximum absolute atomic E-state index is 14.0. The molecule has 3 aromatic heterocycles. The molecule has 5 aromatic rings. The van der Waals surface area contributed by atoms with Crippen LogP contribution in [0.25, 0.3) is 11.0 Å². The lowest BCUT2D eigenvalue weighted by Gasteiger charge is -2.26. The van der Waals surface area contributed by atoms with E-state index >= 15 is 0 Å². The van der Waals surface area contributed by atoms with E-state index in [1.165, 1.54) is 10.7 Å². The molecule has 1 fully saturated rings. The molecule has 2 aliphatic heterocycles. The molecule has 1 saturated heterocycles. The van der Waals surface area contributed by atoms with E-state index < -0.39 is 10.0 Å². The van der Waals surface area contributed by atoms with Crippen LogP contribution in [0.5, 0.6) is 5.88 Å². The standard InChI is InChI=1S/C39H46N8O4S/c1-5-32-25-46(52(49,50)36-11-10-16-40-38(36)51-32)24-30-20-29(13-12-26(30)3)34(33-14-15-35-37(27(33)4)43-44-47(35)6-2)21-31(48)19-28-22-41-39(42-23-28)45-17-8-7-9-18-45/h10-16,20,22-23,32,34H,5-9,17-19,21,24-25H2,1-4H3/t32-,34+/m1/s1. The van der Waals surface area contributed by atoms with E-state index in [1.807, 2.05) is 50.6 Å². The summed E-state index contributed by atoms with van der Waals surface area (Å²) in [6.07, 6.45) is 9.33. The molecule has 2 aliphatic rings. The third-order valence-electron chi connectivity index (χ3n) is 10.4. The molecule has 0 saturated carbocycles. The Morgan fingerprint density at radius 3 is 2.54 bits per heavy atom. The zero-order valence-electron chi connectivity index (χ0n) is 30.3. The number of Topliss-reactive ketones (excluding diaryl/α,β-unsaturated/α-hetero) is 1. The smallest absolute Gasteiger partial charge is 0.248 e. The number of sulfonamides is 1. The lowest BCUT2D eigenvalue weighted by Crippen LogP contribution is -2.36. The number of ketones is 1. The highest BCUT2D eigenvalue weighted by atomic mass is 32.2. The summed E-state index contributed by atoms with van der Waals surface area (Å²) in [5, 5.41) is 8.86. The summed E-state index contributed by atoms with van der Waals surface area (Å²) in [6, 6.07) is 13.4. The second-order valence-corrected chi connectivity index (χ2v) is 15.8. The van der Waals surface area contributed by atoms with Crippen LogP contribution >= 0.6 is 0 Å². The van der Waals surface area contributed by atoms with Gasteiger partial charge in [0.15, 0.2) is 0 Å². The number of nitrogens with zero attached hydrogens (tertiary/aromatic N) is 8. The lowest BCUT2D eigenvalue weighted by atomic mass is 9.82. The zero-order valence-corrected chi connectivity index (χ0v) is 31.1. The van der Waals surface area contributed by atoms with Crippen LogP contribution in [0.4, 0.5) is 5.95 Å². The van der Waals surface area contributed by atoms with Crippen molar-refractivity contribution >= 4 is 32.8 Å². The average molecular weight is 723 g/mol. The lowest BCUT2D eigenvalue weighted by molar-refractivity contribution is -0.118. The Morgan fingerprint density at radius 1 is 1.00 bits per heavy atom. The van der Waals surface area contributed by atoms with Gasteiger partial charge in [-0.2, -0.15) is 4.31 Å². The number of aryl methyl sites for hydroxylation is 3. The van der Waals surface area contributed by atoms with E-state index in [-0.39, 0.29) is 54.5 Å². The number of benzene rings is 2. The number of hydrogen-bond acceptors (Lipinski definition) is 10. The highest BCUT2D eigenvalue weighted by Gasteiger charge is 2.35. The van der Waals surface area contributed by atoms with Crippen molar-refractivity contribution in [1.82, 2.24) is 34.3 Å². The molecular weight excluding hydrogens is 677 g/mol. The Hall–Kier alpha value is -4.75. The summed E-state index contributed by atoms with van der Waals surface area (Å²) < 4.78 is 37.4. The van der Waals surface area contributed by atoms with Gasteiger partial charge >= 0.3 is 0 Å². The number of piperidine rings is 1. The van der Waals surface area contributed by atoms with Crippen LogP contribution in [0.15, 0.2) is 66.0 Å². The van der Waals surface area contributed by atoms with Gasteiger partial charge in [0.1, 0.15) is 22.3 Å². The third kappa shape index (κ3) is 7.16. The first-order chi connectivity index (χ1) is 25.2. The summed E-state index contributed by atoms with van der Waals surface area (Å²) in [6.45, 7) is 11.0. The number of aromatic nitrogens is 6. The number of pyridine rings is 1. The highest BCUT2D eigenvalue weighted by Crippen LogP contribution is 2.36. The molecule has 52 heavy (non-hydrogen) atoms. The van der Waals surface area contributed by atoms with Crippen LogP contribution in [0.3, 0.4) is 0 Å². The quantitative estimate of drug-likeness (QED) is 0.161. The second kappa shape index (κ2) is 15.1. The van der Waals surface area contributed by atoms with Gasteiger partial charge in [-0.1, -0.05) is 36.4 Å². The fraction of sp³-hybridized carbons (Fsp3) is 0.436. The number of ether oxygens (including phenoxy) is 1. The summed E-state index contributed by atoms with van der Waals surface area (Å²) >= 11 is 0. The first kappa shape index (κ1) is 35.6. The predicted octanol–water partition coefficient (Wildman–Crippen LogP) is 5.94. The van der Waals surface area contributed by atoms with E-state index in [4.69, 9.17) is 4.74 Å². The van der Waals surface area contributed by atoms with Crippen LogP contribution in [-0.2, 0) is 34.3 Å². The van der Waals surface area contributed by atoms with Crippen molar-refractivity contribution in [3.05, 3.63) is 94.4 Å². The minimum Gasteiger partial charge on any atom is -0.472 e. The Kier molecular flexibility index (Phi) is 10.3. The summed E-state index contributed by atoms with van der Waals surface area (Å²) in [4.78, 5) is 29.7. The molecule has 7 rings (SSSR count). The Morgan fingerprint density at radius 2 is 1.79 bits per heavy atom. The van der Waals surface area contributed by atoms with Gasteiger partial charge in [0.2, 0.25) is 21.9 Å². The molecule has 0 radical (unpaired) electrons. The first-order valence-corrected chi connectivity index (χ1v) is 19.7. The second-order valence-electron chi connectivity index (χ2n) is 13.9. The molecule has 0 amide bonds. The minimum absolute atomic E-state index is 0.0558. The van der Waals surface area contributed by atoms with Crippen LogP contribution in [0, 0.1) is 13.8 Å². The van der Waals surface area contributed by atoms with Crippen molar-refractivity contribution in [1.29, 1.82) is 0 Å². The van der Waals surface area contributed by atoms with Gasteiger partial charge < -0.3 is 9.64 Å². The van der Waals surface area contributed by atoms with Gasteiger partial charge in [-0.15, -0.1) is 5.10 Å². The SMILES string of the molecule is CC[C@@H]1CN(Cc2cc([C@H](CC(=O)Cc3cnc(N4CCCCC4)nc3)c3ccc4c(nnn4CC)c3C)ccc2C)S(=O)(=O)c2cccnc2O1. The van der Waals surface area contributed by atoms with Gasteiger partial charge in [-0.25, -0.2) is 28.1 Å². The molecule has 0 N–H and O–H groups in total. The number of carbonyl (C=O) groups excluding carboxylic acids is 1. The number of fused-ring (bicyclic) bond motifs is 2. The topological polar surface area (TPSA) is 136 Å². The third-order valence-corrected chi connectivity index (χ3v) is 12.3. The van der Waals surface area contributed by atoms with E-state index in [2.05, 4.69) is 42.3 Å². The molecular formula is C39H46N8O4S. The maximum Gasteiger partial charge on any atom is 0.248 e. The number of hydrogen-bond donors (Lipinski definition) is 0. The Labute approximate surface area is 305 Å². The van der Waals surface area contributed by atoms with Crippen LogP contribution in [0.1, 0.15) is 85.3 Å². The molecule has 0 bridgehead atoms. The van der Waals surface area contributed by atoms with Crippen LogP contribution in [0.2, 0.25) is 0 Å². The monoisotopic (exact) mass is 722 g/mol. The van der Waals surface area contributed by atoms with Crippen molar-refractivity contribution in [2.24, 2.45) is 0 Å². The predicted molar refractivity (Wildman–Crippen MR) is 199 cm³/mol. The molecule has 0 spiro atoms. The van der Waals surface area contributed by atoms with Crippen molar-refractivity contribution < 1.29 is 17.9 Å². The maximum atomic E-state index is 14.0. The molecule has 0 aliphatic carbocycles. The highest BCUT2D eigenvalue weighted by molar-refractivity contribution is 7.89.